The lowest BCUT2D eigenvalue weighted by molar-refractivity contribution is -0.384. The van der Waals surface area contributed by atoms with E-state index in [0.717, 1.165) is 10.9 Å². The summed E-state index contributed by atoms with van der Waals surface area (Å²) in [5.74, 6) is -1.60. The summed E-state index contributed by atoms with van der Waals surface area (Å²) >= 11 is 1.23. The van der Waals surface area contributed by atoms with Gasteiger partial charge >= 0.3 is 5.97 Å². The molecule has 1 atom stereocenters. The first-order chi connectivity index (χ1) is 14.0. The first-order valence-electron chi connectivity index (χ1n) is 8.77. The van der Waals surface area contributed by atoms with Gasteiger partial charge in [0.05, 0.1) is 23.3 Å². The number of benzene rings is 1. The van der Waals surface area contributed by atoms with Crippen LogP contribution in [-0.4, -0.2) is 35.9 Å². The monoisotopic (exact) mass is 435 g/mol. The van der Waals surface area contributed by atoms with E-state index in [0.29, 0.717) is 10.6 Å². The largest absolute Gasteiger partial charge is 0.495 e. The molecule has 10 nitrogen and oxygen atoms in total. The predicted molar refractivity (Wildman–Crippen MR) is 111 cm³/mol. The normalized spacial score (nSPS) is 11.4. The maximum absolute atomic E-state index is 12.7. The van der Waals surface area contributed by atoms with Gasteiger partial charge in [-0.1, -0.05) is 0 Å². The Morgan fingerprint density at radius 2 is 1.87 bits per heavy atom. The van der Waals surface area contributed by atoms with Crippen molar-refractivity contribution in [3.63, 3.8) is 0 Å². The molecule has 2 amide bonds. The highest BCUT2D eigenvalue weighted by molar-refractivity contribution is 7.16. The Bertz CT molecular complexity index is 1020. The maximum Gasteiger partial charge on any atom is 0.342 e. The van der Waals surface area contributed by atoms with E-state index in [1.165, 1.54) is 44.4 Å². The molecular weight excluding hydrogens is 414 g/mol. The number of aryl methyl sites for hydroxylation is 1. The lowest BCUT2D eigenvalue weighted by Crippen LogP contribution is -2.30. The molecular formula is C19H21N3O7S. The lowest BCUT2D eigenvalue weighted by Gasteiger charge is -2.15. The molecule has 0 unspecified atom stereocenters. The van der Waals surface area contributed by atoms with Crippen molar-refractivity contribution in [3.8, 4) is 5.75 Å². The summed E-state index contributed by atoms with van der Waals surface area (Å²) in [6.45, 7) is 6.20. The number of amides is 2. The number of nitro groups is 1. The zero-order chi connectivity index (χ0) is 22.6. The molecule has 0 aliphatic heterocycles. The van der Waals surface area contributed by atoms with Crippen LogP contribution in [0.5, 0.6) is 5.75 Å². The number of methoxy groups -OCH3 is 1. The summed E-state index contributed by atoms with van der Waals surface area (Å²) in [6.07, 6.45) is -1.22. The number of carbonyl (C=O) groups excluding carboxylic acids is 3. The zero-order valence-corrected chi connectivity index (χ0v) is 17.8. The number of rotatable bonds is 7. The highest BCUT2D eigenvalue weighted by Gasteiger charge is 2.26. The van der Waals surface area contributed by atoms with Crippen molar-refractivity contribution < 1.29 is 28.8 Å². The van der Waals surface area contributed by atoms with Crippen LogP contribution in [0.4, 0.5) is 16.4 Å². The fourth-order valence-corrected chi connectivity index (χ4v) is 3.63. The number of carbonyl (C=O) groups is 3. The number of hydrogen-bond acceptors (Lipinski definition) is 8. The van der Waals surface area contributed by atoms with Crippen LogP contribution in [0.3, 0.4) is 0 Å². The second-order valence-corrected chi connectivity index (χ2v) is 7.57. The molecule has 2 rings (SSSR count). The van der Waals surface area contributed by atoms with Crippen LogP contribution < -0.4 is 15.4 Å². The highest BCUT2D eigenvalue weighted by Crippen LogP contribution is 2.33. The topological polar surface area (TPSA) is 137 Å². The molecule has 1 aromatic heterocycles. The van der Waals surface area contributed by atoms with Gasteiger partial charge in [0.2, 0.25) is 5.91 Å². The Balaban J connectivity index is 2.19. The molecule has 2 N–H and O–H groups in total. The molecule has 0 saturated carbocycles. The van der Waals surface area contributed by atoms with Crippen molar-refractivity contribution in [1.82, 2.24) is 0 Å². The second kappa shape index (κ2) is 9.35. The summed E-state index contributed by atoms with van der Waals surface area (Å²) in [5.41, 5.74) is 0.656. The number of non-ortho nitro benzene ring substituents is 1. The van der Waals surface area contributed by atoms with E-state index in [2.05, 4.69) is 10.6 Å². The lowest BCUT2D eigenvalue weighted by atomic mass is 10.1. The third kappa shape index (κ3) is 5.11. The van der Waals surface area contributed by atoms with Crippen molar-refractivity contribution in [2.24, 2.45) is 0 Å². The molecule has 0 saturated heterocycles. The summed E-state index contributed by atoms with van der Waals surface area (Å²) in [7, 11) is 1.35. The van der Waals surface area contributed by atoms with Gasteiger partial charge in [0.1, 0.15) is 10.8 Å². The molecule has 0 fully saturated rings. The third-order valence-electron chi connectivity index (χ3n) is 4.18. The van der Waals surface area contributed by atoms with E-state index in [-0.39, 0.29) is 28.6 Å². The van der Waals surface area contributed by atoms with E-state index in [1.54, 1.807) is 13.8 Å². The predicted octanol–water partition coefficient (Wildman–Crippen LogP) is 3.42. The Morgan fingerprint density at radius 3 is 2.43 bits per heavy atom. The first-order valence-corrected chi connectivity index (χ1v) is 9.58. The average Bonchev–Trinajstić information content (AvgIpc) is 2.94. The molecule has 11 heteroatoms. The van der Waals surface area contributed by atoms with Gasteiger partial charge in [-0.25, -0.2) is 4.79 Å². The molecule has 30 heavy (non-hydrogen) atoms. The van der Waals surface area contributed by atoms with Gasteiger partial charge in [-0.3, -0.25) is 19.7 Å². The van der Waals surface area contributed by atoms with Crippen LogP contribution in [0.25, 0.3) is 0 Å². The molecule has 0 spiro atoms. The number of anilines is 2. The molecule has 2 aromatic rings. The fourth-order valence-electron chi connectivity index (χ4n) is 2.54. The van der Waals surface area contributed by atoms with Crippen molar-refractivity contribution in [2.45, 2.75) is 33.8 Å². The van der Waals surface area contributed by atoms with E-state index in [4.69, 9.17) is 9.47 Å². The molecule has 0 radical (unpaired) electrons. The van der Waals surface area contributed by atoms with Crippen molar-refractivity contribution in [1.29, 1.82) is 0 Å². The highest BCUT2D eigenvalue weighted by atomic mass is 32.1. The number of hydrogen-bond donors (Lipinski definition) is 2. The molecule has 0 bridgehead atoms. The van der Waals surface area contributed by atoms with Crippen LogP contribution in [0.15, 0.2) is 18.2 Å². The summed E-state index contributed by atoms with van der Waals surface area (Å²) in [6, 6.07) is 3.73. The van der Waals surface area contributed by atoms with E-state index in [9.17, 15) is 24.5 Å². The van der Waals surface area contributed by atoms with Gasteiger partial charge in [-0.05, 0) is 32.4 Å². The minimum absolute atomic E-state index is 0.0705. The van der Waals surface area contributed by atoms with Gasteiger partial charge in [-0.2, -0.15) is 0 Å². The van der Waals surface area contributed by atoms with Gasteiger partial charge in [-0.15, -0.1) is 11.3 Å². The standard InChI is InChI=1S/C19H21N3O7S/c1-9-11(3)30-18(20-12(4)23)16(9)19(25)29-10(2)17(24)21-14-8-13(22(26)27)6-7-15(14)28-5/h6-8,10H,1-5H3,(H,20,23)(H,21,24)/t10-/m0/s1. The Hall–Kier alpha value is -3.47. The smallest absolute Gasteiger partial charge is 0.342 e. The SMILES string of the molecule is COc1ccc([N+](=O)[O-])cc1NC(=O)[C@H](C)OC(=O)c1c(NC(C)=O)sc(C)c1C. The number of nitro benzene ring substituents is 1. The number of nitrogens with zero attached hydrogens (tertiary/aromatic N) is 1. The summed E-state index contributed by atoms with van der Waals surface area (Å²) in [4.78, 5) is 47.7. The van der Waals surface area contributed by atoms with E-state index >= 15 is 0 Å². The zero-order valence-electron chi connectivity index (χ0n) is 17.0. The molecule has 1 heterocycles. The number of nitrogens with one attached hydrogen (secondary N) is 2. The average molecular weight is 435 g/mol. The fraction of sp³-hybridized carbons (Fsp3) is 0.316. The van der Waals surface area contributed by atoms with Crippen molar-refractivity contribution >= 4 is 45.5 Å². The Morgan fingerprint density at radius 1 is 1.20 bits per heavy atom. The molecule has 160 valence electrons. The molecule has 0 aliphatic rings. The molecule has 0 aliphatic carbocycles. The Labute approximate surface area is 176 Å². The quantitative estimate of drug-likeness (QED) is 0.386. The maximum atomic E-state index is 12.7. The van der Waals surface area contributed by atoms with E-state index in [1.807, 2.05) is 0 Å². The van der Waals surface area contributed by atoms with Crippen LogP contribution in [0.2, 0.25) is 0 Å². The van der Waals surface area contributed by atoms with Crippen molar-refractivity contribution in [3.05, 3.63) is 44.3 Å². The number of thiophene rings is 1. The summed E-state index contributed by atoms with van der Waals surface area (Å²) < 4.78 is 10.4. The second-order valence-electron chi connectivity index (χ2n) is 6.35. The van der Waals surface area contributed by atoms with Crippen LogP contribution >= 0.6 is 11.3 Å². The van der Waals surface area contributed by atoms with Gasteiger partial charge in [0, 0.05) is 23.9 Å². The number of ether oxygens (including phenoxy) is 2. The number of esters is 1. The Kier molecular flexibility index (Phi) is 7.11. The van der Waals surface area contributed by atoms with Gasteiger partial charge in [0.25, 0.3) is 11.6 Å². The third-order valence-corrected chi connectivity index (χ3v) is 5.31. The molecule has 1 aromatic carbocycles. The minimum atomic E-state index is -1.22. The van der Waals surface area contributed by atoms with Crippen LogP contribution in [0, 0.1) is 24.0 Å². The van der Waals surface area contributed by atoms with Crippen LogP contribution in [0.1, 0.15) is 34.6 Å². The van der Waals surface area contributed by atoms with Gasteiger partial charge < -0.3 is 20.1 Å². The first kappa shape index (κ1) is 22.8. The van der Waals surface area contributed by atoms with Crippen LogP contribution in [-0.2, 0) is 14.3 Å². The summed E-state index contributed by atoms with van der Waals surface area (Å²) in [5, 5.41) is 16.4. The van der Waals surface area contributed by atoms with E-state index < -0.39 is 22.9 Å². The van der Waals surface area contributed by atoms with Crippen molar-refractivity contribution in [2.75, 3.05) is 17.7 Å². The minimum Gasteiger partial charge on any atom is -0.495 e. The van der Waals surface area contributed by atoms with Gasteiger partial charge in [0.15, 0.2) is 6.10 Å².